The van der Waals surface area contributed by atoms with Gasteiger partial charge in [-0.05, 0) is 34.9 Å². The van der Waals surface area contributed by atoms with E-state index in [1.54, 1.807) is 18.2 Å². The molecule has 2 heterocycles. The van der Waals surface area contributed by atoms with Crippen LogP contribution in [0.4, 0.5) is 5.69 Å². The molecule has 0 aliphatic carbocycles. The molecular formula is C19H13ClN2O2S. The van der Waals surface area contributed by atoms with Crippen LogP contribution in [0.3, 0.4) is 0 Å². The summed E-state index contributed by atoms with van der Waals surface area (Å²) in [5, 5.41) is 5.68. The number of anilines is 1. The van der Waals surface area contributed by atoms with E-state index >= 15 is 0 Å². The van der Waals surface area contributed by atoms with Crippen LogP contribution in [-0.4, -0.2) is 11.8 Å². The Morgan fingerprint density at radius 3 is 2.60 bits per heavy atom. The van der Waals surface area contributed by atoms with E-state index in [2.05, 4.69) is 10.6 Å². The minimum atomic E-state index is -0.272. The summed E-state index contributed by atoms with van der Waals surface area (Å²) in [6.07, 6.45) is 0. The zero-order valence-electron chi connectivity index (χ0n) is 13.0. The van der Waals surface area contributed by atoms with E-state index in [-0.39, 0.29) is 11.8 Å². The number of hydrogen-bond donors (Lipinski definition) is 2. The Labute approximate surface area is 153 Å². The predicted octanol–water partition coefficient (Wildman–Crippen LogP) is 4.56. The highest BCUT2D eigenvalue weighted by Crippen LogP contribution is 2.34. The topological polar surface area (TPSA) is 58.2 Å². The van der Waals surface area contributed by atoms with Gasteiger partial charge in [0.15, 0.2) is 0 Å². The Morgan fingerprint density at radius 2 is 1.88 bits per heavy atom. The molecule has 3 aromatic rings. The molecule has 0 radical (unpaired) electrons. The third kappa shape index (κ3) is 2.92. The fourth-order valence-electron chi connectivity index (χ4n) is 2.96. The molecule has 0 saturated heterocycles. The summed E-state index contributed by atoms with van der Waals surface area (Å²) in [6, 6.07) is 16.9. The average Bonchev–Trinajstić information content (AvgIpc) is 3.23. The third-order valence-electron chi connectivity index (χ3n) is 4.10. The summed E-state index contributed by atoms with van der Waals surface area (Å²) >= 11 is 7.09. The van der Waals surface area contributed by atoms with Gasteiger partial charge in [0.25, 0.3) is 11.8 Å². The molecule has 0 bridgehead atoms. The summed E-state index contributed by atoms with van der Waals surface area (Å²) in [7, 11) is 0. The maximum atomic E-state index is 12.4. The number of carbonyl (C=O) groups excluding carboxylic acids is 2. The lowest BCUT2D eigenvalue weighted by Gasteiger charge is -2.12. The first kappa shape index (κ1) is 15.9. The molecule has 1 aliphatic heterocycles. The summed E-state index contributed by atoms with van der Waals surface area (Å²) in [4.78, 5) is 25.2. The molecule has 124 valence electrons. The first-order valence-corrected chi connectivity index (χ1v) is 8.89. The second-order valence-corrected chi connectivity index (χ2v) is 7.34. The summed E-state index contributed by atoms with van der Waals surface area (Å²) in [5.41, 5.74) is 3.97. The maximum Gasteiger partial charge on any atom is 0.265 e. The molecule has 4 rings (SSSR count). The van der Waals surface area contributed by atoms with Crippen molar-refractivity contribution < 1.29 is 9.59 Å². The van der Waals surface area contributed by atoms with E-state index in [4.69, 9.17) is 11.6 Å². The molecule has 0 saturated carbocycles. The van der Waals surface area contributed by atoms with E-state index in [9.17, 15) is 9.59 Å². The smallest absolute Gasteiger partial charge is 0.265 e. The Bertz CT molecular complexity index is 982. The van der Waals surface area contributed by atoms with Crippen molar-refractivity contribution in [2.75, 3.05) is 5.32 Å². The van der Waals surface area contributed by atoms with Crippen LogP contribution in [-0.2, 0) is 6.54 Å². The summed E-state index contributed by atoms with van der Waals surface area (Å²) < 4.78 is 0.549. The van der Waals surface area contributed by atoms with Crippen molar-refractivity contribution in [1.29, 1.82) is 0 Å². The Balaban J connectivity index is 1.74. The minimum Gasteiger partial charge on any atom is -0.348 e. The lowest BCUT2D eigenvalue weighted by atomic mass is 9.95. The van der Waals surface area contributed by atoms with Crippen LogP contribution < -0.4 is 10.6 Å². The number of nitrogens with one attached hydrogen (secondary N) is 2. The van der Waals surface area contributed by atoms with Crippen LogP contribution in [0.25, 0.3) is 11.1 Å². The van der Waals surface area contributed by atoms with Gasteiger partial charge < -0.3 is 10.6 Å². The number of halogens is 1. The average molecular weight is 369 g/mol. The number of fused-ring (bicyclic) bond motifs is 1. The second kappa shape index (κ2) is 6.35. The van der Waals surface area contributed by atoms with Crippen LogP contribution >= 0.6 is 22.9 Å². The molecular weight excluding hydrogens is 356 g/mol. The quantitative estimate of drug-likeness (QED) is 0.711. The summed E-state index contributed by atoms with van der Waals surface area (Å²) in [6.45, 7) is 0.451. The largest absolute Gasteiger partial charge is 0.348 e. The molecule has 1 aromatic heterocycles. The van der Waals surface area contributed by atoms with Gasteiger partial charge in [-0.25, -0.2) is 0 Å². The van der Waals surface area contributed by atoms with Crippen LogP contribution in [0.1, 0.15) is 25.6 Å². The highest BCUT2D eigenvalue weighted by atomic mass is 35.5. The van der Waals surface area contributed by atoms with Crippen LogP contribution in [0.15, 0.2) is 54.6 Å². The molecule has 2 amide bonds. The van der Waals surface area contributed by atoms with Crippen molar-refractivity contribution in [2.45, 2.75) is 6.54 Å². The zero-order valence-corrected chi connectivity index (χ0v) is 14.6. The number of amides is 2. The molecule has 0 unspecified atom stereocenters. The fraction of sp³-hybridized carbons (Fsp3) is 0.0526. The molecule has 0 spiro atoms. The van der Waals surface area contributed by atoms with Gasteiger partial charge in [0, 0.05) is 6.54 Å². The van der Waals surface area contributed by atoms with E-state index in [0.29, 0.717) is 27.0 Å². The first-order valence-electron chi connectivity index (χ1n) is 7.69. The Hall–Kier alpha value is -2.63. The van der Waals surface area contributed by atoms with Gasteiger partial charge in [-0.15, -0.1) is 11.3 Å². The predicted molar refractivity (Wildman–Crippen MR) is 100 cm³/mol. The first-order chi connectivity index (χ1) is 12.1. The lowest BCUT2D eigenvalue weighted by Crippen LogP contribution is -2.16. The number of hydrogen-bond acceptors (Lipinski definition) is 3. The van der Waals surface area contributed by atoms with Crippen LogP contribution in [0, 0.1) is 0 Å². The minimum absolute atomic E-state index is 0.174. The van der Waals surface area contributed by atoms with Gasteiger partial charge >= 0.3 is 0 Å². The highest BCUT2D eigenvalue weighted by Gasteiger charge is 2.27. The van der Waals surface area contributed by atoms with E-state index in [0.717, 1.165) is 16.7 Å². The van der Waals surface area contributed by atoms with Gasteiger partial charge in [0.05, 0.1) is 20.5 Å². The maximum absolute atomic E-state index is 12.4. The van der Waals surface area contributed by atoms with Gasteiger partial charge in [-0.2, -0.15) is 0 Å². The standard InChI is InChI=1S/C19H13ClN2O2S/c20-16-9-8-15(25-16)18(23)22-14-7-6-12(11-4-2-1-3-5-11)13-10-21-19(24)17(13)14/h1-9H,10H2,(H,21,24)(H,22,23). The third-order valence-corrected chi connectivity index (χ3v) is 5.33. The van der Waals surface area contributed by atoms with Gasteiger partial charge in [-0.3, -0.25) is 9.59 Å². The molecule has 2 aromatic carbocycles. The summed E-state index contributed by atoms with van der Waals surface area (Å²) in [5.74, 6) is -0.446. The molecule has 6 heteroatoms. The lowest BCUT2D eigenvalue weighted by molar-refractivity contribution is 0.0966. The zero-order chi connectivity index (χ0) is 17.4. The Kier molecular flexibility index (Phi) is 4.03. The van der Waals surface area contributed by atoms with Gasteiger partial charge in [-0.1, -0.05) is 48.0 Å². The van der Waals surface area contributed by atoms with Gasteiger partial charge in [0.2, 0.25) is 0 Å². The second-order valence-electron chi connectivity index (χ2n) is 5.62. The number of thiophene rings is 1. The molecule has 25 heavy (non-hydrogen) atoms. The van der Waals surface area contributed by atoms with Crippen molar-refractivity contribution >= 4 is 40.4 Å². The van der Waals surface area contributed by atoms with E-state index < -0.39 is 0 Å². The monoisotopic (exact) mass is 368 g/mol. The van der Waals surface area contributed by atoms with E-state index in [1.165, 1.54) is 11.3 Å². The SMILES string of the molecule is O=C(Nc1ccc(-c2ccccc2)c2c1C(=O)NC2)c1ccc(Cl)s1. The highest BCUT2D eigenvalue weighted by molar-refractivity contribution is 7.18. The van der Waals surface area contributed by atoms with Gasteiger partial charge in [0.1, 0.15) is 0 Å². The normalized spacial score (nSPS) is 12.6. The van der Waals surface area contributed by atoms with Crippen LogP contribution in [0.2, 0.25) is 4.34 Å². The number of benzene rings is 2. The number of carbonyl (C=O) groups is 2. The van der Waals surface area contributed by atoms with Crippen molar-refractivity contribution in [3.63, 3.8) is 0 Å². The fourth-order valence-corrected chi connectivity index (χ4v) is 3.90. The van der Waals surface area contributed by atoms with Crippen LogP contribution in [0.5, 0.6) is 0 Å². The van der Waals surface area contributed by atoms with Crippen molar-refractivity contribution in [3.8, 4) is 11.1 Å². The molecule has 4 nitrogen and oxygen atoms in total. The molecule has 0 fully saturated rings. The molecule has 2 N–H and O–H groups in total. The number of rotatable bonds is 3. The molecule has 1 aliphatic rings. The molecule has 0 atom stereocenters. The Morgan fingerprint density at radius 1 is 1.08 bits per heavy atom. The van der Waals surface area contributed by atoms with Crippen molar-refractivity contribution in [2.24, 2.45) is 0 Å². The van der Waals surface area contributed by atoms with Crippen molar-refractivity contribution in [3.05, 3.63) is 74.9 Å². The van der Waals surface area contributed by atoms with Crippen molar-refractivity contribution in [1.82, 2.24) is 5.32 Å². The van der Waals surface area contributed by atoms with E-state index in [1.807, 2.05) is 36.4 Å².